The highest BCUT2D eigenvalue weighted by Gasteiger charge is 2.23. The normalized spacial score (nSPS) is 12.5. The molecule has 0 spiro atoms. The minimum atomic E-state index is -3.69. The average molecular weight is 401 g/mol. The van der Waals surface area contributed by atoms with E-state index in [1.54, 1.807) is 19.1 Å². The summed E-state index contributed by atoms with van der Waals surface area (Å²) >= 11 is 0. The molecule has 1 unspecified atom stereocenters. The van der Waals surface area contributed by atoms with Crippen molar-refractivity contribution >= 4 is 25.4 Å². The van der Waals surface area contributed by atoms with Gasteiger partial charge in [0.1, 0.15) is 12.8 Å². The molecule has 0 fully saturated rings. The zero-order chi connectivity index (χ0) is 20.1. The van der Waals surface area contributed by atoms with Crippen molar-refractivity contribution in [2.24, 2.45) is 0 Å². The van der Waals surface area contributed by atoms with Gasteiger partial charge in [0, 0.05) is 12.6 Å². The predicted octanol–water partition coefficient (Wildman–Crippen LogP) is 2.03. The molecule has 1 aromatic carbocycles. The van der Waals surface area contributed by atoms with Crippen LogP contribution in [0, 0.1) is 0 Å². The fourth-order valence-electron chi connectivity index (χ4n) is 1.98. The standard InChI is InChI=1S/C17H24NO8P/c1-2-24-16(20)12-27(22,23)10-6-9-15(19)26-13-18-17(21)25-11-14-7-4-3-5-8-14/h3-5,7-8H,2,6,9-13H2,1H3,(H,18,21)(H,22,23). The van der Waals surface area contributed by atoms with Gasteiger partial charge >= 0.3 is 18.0 Å². The molecule has 2 N–H and O–H groups in total. The van der Waals surface area contributed by atoms with Gasteiger partial charge in [-0.25, -0.2) is 4.79 Å². The van der Waals surface area contributed by atoms with Crippen molar-refractivity contribution in [3.8, 4) is 0 Å². The van der Waals surface area contributed by atoms with Crippen LogP contribution in [0.25, 0.3) is 0 Å². The SMILES string of the molecule is CCOC(=O)CP(=O)(O)CCCC(=O)OCNC(=O)OCc1ccccc1. The third kappa shape index (κ3) is 11.0. The molecule has 27 heavy (non-hydrogen) atoms. The zero-order valence-electron chi connectivity index (χ0n) is 15.1. The van der Waals surface area contributed by atoms with Crippen molar-refractivity contribution in [1.82, 2.24) is 5.32 Å². The van der Waals surface area contributed by atoms with E-state index in [4.69, 9.17) is 9.47 Å². The third-order valence-electron chi connectivity index (χ3n) is 3.23. The molecule has 1 amide bonds. The van der Waals surface area contributed by atoms with E-state index in [0.717, 1.165) is 5.56 Å². The smallest absolute Gasteiger partial charge is 0.410 e. The molecule has 10 heteroatoms. The van der Waals surface area contributed by atoms with Crippen molar-refractivity contribution in [3.63, 3.8) is 0 Å². The van der Waals surface area contributed by atoms with Gasteiger partial charge in [0.2, 0.25) is 7.37 Å². The lowest BCUT2D eigenvalue weighted by Gasteiger charge is -2.11. The summed E-state index contributed by atoms with van der Waals surface area (Å²) in [4.78, 5) is 43.9. The predicted molar refractivity (Wildman–Crippen MR) is 96.1 cm³/mol. The number of carbonyl (C=O) groups is 3. The highest BCUT2D eigenvalue weighted by molar-refractivity contribution is 7.58. The zero-order valence-corrected chi connectivity index (χ0v) is 16.0. The first-order valence-corrected chi connectivity index (χ1v) is 10.4. The molecule has 9 nitrogen and oxygen atoms in total. The molecule has 1 aromatic rings. The van der Waals surface area contributed by atoms with Gasteiger partial charge in [-0.3, -0.25) is 19.5 Å². The van der Waals surface area contributed by atoms with E-state index < -0.39 is 31.6 Å². The van der Waals surface area contributed by atoms with Crippen LogP contribution in [0.3, 0.4) is 0 Å². The minimum Gasteiger partial charge on any atom is -0.466 e. The average Bonchev–Trinajstić information content (AvgIpc) is 2.60. The first kappa shape index (κ1) is 22.7. The Balaban J connectivity index is 2.13. The summed E-state index contributed by atoms with van der Waals surface area (Å²) in [5, 5.41) is 2.26. The largest absolute Gasteiger partial charge is 0.466 e. The van der Waals surface area contributed by atoms with Crippen LogP contribution in [0.4, 0.5) is 4.79 Å². The van der Waals surface area contributed by atoms with Gasteiger partial charge in [-0.1, -0.05) is 30.3 Å². The topological polar surface area (TPSA) is 128 Å². The molecule has 0 radical (unpaired) electrons. The van der Waals surface area contributed by atoms with Gasteiger partial charge in [0.05, 0.1) is 6.61 Å². The quantitative estimate of drug-likeness (QED) is 0.249. The summed E-state index contributed by atoms with van der Waals surface area (Å²) in [5.74, 6) is -1.39. The lowest BCUT2D eigenvalue weighted by atomic mass is 10.2. The number of carbonyl (C=O) groups excluding carboxylic acids is 3. The summed E-state index contributed by atoms with van der Waals surface area (Å²) in [7, 11) is -3.69. The number of esters is 2. The Hall–Kier alpha value is -2.38. The summed E-state index contributed by atoms with van der Waals surface area (Å²) in [6.45, 7) is 1.45. The molecule has 0 aliphatic heterocycles. The Morgan fingerprint density at radius 2 is 1.78 bits per heavy atom. The van der Waals surface area contributed by atoms with Gasteiger partial charge < -0.3 is 19.1 Å². The number of ether oxygens (including phenoxy) is 3. The van der Waals surface area contributed by atoms with E-state index in [0.29, 0.717) is 0 Å². The third-order valence-corrected chi connectivity index (χ3v) is 5.00. The molecule has 0 saturated carbocycles. The van der Waals surface area contributed by atoms with Crippen LogP contribution < -0.4 is 5.32 Å². The van der Waals surface area contributed by atoms with Crippen molar-refractivity contribution in [2.75, 3.05) is 25.7 Å². The number of hydrogen-bond acceptors (Lipinski definition) is 7. The Bertz CT molecular complexity index is 664. The monoisotopic (exact) mass is 401 g/mol. The molecule has 0 saturated heterocycles. The van der Waals surface area contributed by atoms with E-state index in [2.05, 4.69) is 10.1 Å². The van der Waals surface area contributed by atoms with E-state index in [-0.39, 0.29) is 38.9 Å². The molecular weight excluding hydrogens is 377 g/mol. The summed E-state index contributed by atoms with van der Waals surface area (Å²) in [6, 6.07) is 9.08. The lowest BCUT2D eigenvalue weighted by molar-refractivity contribution is -0.144. The number of nitrogens with one attached hydrogen (secondary N) is 1. The van der Waals surface area contributed by atoms with Gasteiger partial charge in [0.25, 0.3) is 0 Å². The molecular formula is C17H24NO8P. The molecule has 0 aliphatic carbocycles. The highest BCUT2D eigenvalue weighted by Crippen LogP contribution is 2.41. The van der Waals surface area contributed by atoms with Crippen molar-refractivity contribution in [2.45, 2.75) is 26.4 Å². The first-order valence-electron chi connectivity index (χ1n) is 8.39. The van der Waals surface area contributed by atoms with Gasteiger partial charge in [-0.15, -0.1) is 0 Å². The van der Waals surface area contributed by atoms with Crippen LogP contribution in [0.5, 0.6) is 0 Å². The van der Waals surface area contributed by atoms with Crippen molar-refractivity contribution in [1.29, 1.82) is 0 Å². The van der Waals surface area contributed by atoms with Crippen molar-refractivity contribution in [3.05, 3.63) is 35.9 Å². The maximum absolute atomic E-state index is 11.8. The van der Waals surface area contributed by atoms with E-state index in [1.165, 1.54) is 0 Å². The maximum atomic E-state index is 11.8. The number of amides is 1. The summed E-state index contributed by atoms with van der Waals surface area (Å²) in [5.41, 5.74) is 0.820. The van der Waals surface area contributed by atoms with Gasteiger partial charge in [-0.05, 0) is 18.9 Å². The summed E-state index contributed by atoms with van der Waals surface area (Å²) in [6.07, 6.45) is -1.56. The number of alkyl carbamates (subject to hydrolysis) is 1. The Morgan fingerprint density at radius 1 is 1.07 bits per heavy atom. The molecule has 1 atom stereocenters. The molecule has 0 bridgehead atoms. The van der Waals surface area contributed by atoms with Crippen LogP contribution in [-0.2, 0) is 35.0 Å². The molecule has 0 heterocycles. The van der Waals surface area contributed by atoms with Crippen LogP contribution in [0.1, 0.15) is 25.3 Å². The Morgan fingerprint density at radius 3 is 2.44 bits per heavy atom. The minimum absolute atomic E-state index is 0.0739. The second kappa shape index (κ2) is 12.1. The molecule has 150 valence electrons. The lowest BCUT2D eigenvalue weighted by Crippen LogP contribution is -2.28. The first-order chi connectivity index (χ1) is 12.8. The van der Waals surface area contributed by atoms with E-state index in [9.17, 15) is 23.8 Å². The van der Waals surface area contributed by atoms with Crippen LogP contribution in [0.15, 0.2) is 30.3 Å². The number of rotatable bonds is 11. The fraction of sp³-hybridized carbons (Fsp3) is 0.471. The maximum Gasteiger partial charge on any atom is 0.410 e. The molecule has 1 rings (SSSR count). The van der Waals surface area contributed by atoms with E-state index >= 15 is 0 Å². The second-order valence-electron chi connectivity index (χ2n) is 5.54. The van der Waals surface area contributed by atoms with Gasteiger partial charge in [-0.2, -0.15) is 0 Å². The van der Waals surface area contributed by atoms with Crippen LogP contribution >= 0.6 is 7.37 Å². The van der Waals surface area contributed by atoms with Crippen molar-refractivity contribution < 1.29 is 38.1 Å². The molecule has 0 aromatic heterocycles. The summed E-state index contributed by atoms with van der Waals surface area (Å²) < 4.78 is 26.1. The van der Waals surface area contributed by atoms with Crippen LogP contribution in [0.2, 0.25) is 0 Å². The van der Waals surface area contributed by atoms with Crippen LogP contribution in [-0.4, -0.2) is 48.6 Å². The second-order valence-corrected chi connectivity index (χ2v) is 7.99. The highest BCUT2D eigenvalue weighted by atomic mass is 31.2. The Kier molecular flexibility index (Phi) is 10.1. The number of benzene rings is 1. The fourth-order valence-corrected chi connectivity index (χ4v) is 3.28. The Labute approximate surface area is 157 Å². The molecule has 0 aliphatic rings. The number of hydrogen-bond donors (Lipinski definition) is 2. The van der Waals surface area contributed by atoms with Gasteiger partial charge in [0.15, 0.2) is 6.73 Å². The van der Waals surface area contributed by atoms with E-state index in [1.807, 2.05) is 18.2 Å².